The van der Waals surface area contributed by atoms with E-state index in [0.29, 0.717) is 12.3 Å². The zero-order valence-electron chi connectivity index (χ0n) is 16.9. The molecular weight excluding hydrogens is 394 g/mol. The summed E-state index contributed by atoms with van der Waals surface area (Å²) >= 11 is 0. The third kappa shape index (κ3) is 5.01. The molecule has 0 saturated carbocycles. The fourth-order valence-electron chi connectivity index (χ4n) is 3.83. The van der Waals surface area contributed by atoms with Crippen molar-refractivity contribution in [3.63, 3.8) is 0 Å². The van der Waals surface area contributed by atoms with E-state index in [4.69, 9.17) is 4.42 Å². The van der Waals surface area contributed by atoms with E-state index >= 15 is 0 Å². The van der Waals surface area contributed by atoms with Crippen molar-refractivity contribution >= 4 is 22.5 Å². The topological polar surface area (TPSA) is 101 Å². The van der Waals surface area contributed by atoms with Crippen molar-refractivity contribution in [1.29, 1.82) is 0 Å². The number of nitro groups is 1. The molecule has 0 spiro atoms. The number of nitrogens with one attached hydrogen (secondary N) is 2. The second-order valence-corrected chi connectivity index (χ2v) is 7.51. The number of rotatable bonds is 9. The fourth-order valence-corrected chi connectivity index (χ4v) is 3.83. The lowest BCUT2D eigenvalue weighted by Gasteiger charge is -2.16. The number of aromatic nitrogens is 1. The summed E-state index contributed by atoms with van der Waals surface area (Å²) in [5, 5.41) is 14.9. The van der Waals surface area contributed by atoms with E-state index in [-0.39, 0.29) is 23.9 Å². The highest BCUT2D eigenvalue weighted by molar-refractivity contribution is 5.87. The van der Waals surface area contributed by atoms with Gasteiger partial charge in [-0.25, -0.2) is 0 Å². The Kier molecular flexibility index (Phi) is 6.12. The minimum Gasteiger partial charge on any atom is -0.467 e. The first-order chi connectivity index (χ1) is 15.1. The second kappa shape index (κ2) is 9.30. The van der Waals surface area contributed by atoms with Crippen LogP contribution < -0.4 is 5.32 Å². The van der Waals surface area contributed by atoms with Gasteiger partial charge in [0.15, 0.2) is 0 Å². The van der Waals surface area contributed by atoms with Crippen LogP contribution in [0.5, 0.6) is 0 Å². The molecule has 0 aliphatic rings. The molecule has 7 heteroatoms. The molecule has 0 aliphatic carbocycles. The molecule has 4 aromatic rings. The highest BCUT2D eigenvalue weighted by Gasteiger charge is 2.21. The maximum Gasteiger partial charge on any atom is 0.270 e. The van der Waals surface area contributed by atoms with E-state index in [2.05, 4.69) is 22.4 Å². The van der Waals surface area contributed by atoms with Gasteiger partial charge < -0.3 is 14.7 Å². The van der Waals surface area contributed by atoms with Gasteiger partial charge in [-0.05, 0) is 48.1 Å². The molecule has 0 radical (unpaired) electrons. The molecule has 2 heterocycles. The van der Waals surface area contributed by atoms with Crippen molar-refractivity contribution in [2.24, 2.45) is 0 Å². The first-order valence-corrected chi connectivity index (χ1v) is 10.2. The maximum absolute atomic E-state index is 12.7. The van der Waals surface area contributed by atoms with Gasteiger partial charge in [0.2, 0.25) is 5.91 Å². The molecule has 1 unspecified atom stereocenters. The summed E-state index contributed by atoms with van der Waals surface area (Å²) in [7, 11) is 0. The fraction of sp³-hybridized carbons (Fsp3) is 0.208. The standard InChI is InChI=1S/C24H23N3O4/c28-24(26-15-20-7-4-12-31-20)13-18(9-8-17-5-2-1-3-6-17)22-16-25-23-11-10-19(27(29)30)14-21(22)23/h1-7,10-12,14,16,18,25H,8-9,13,15H2,(H,26,28). The zero-order chi connectivity index (χ0) is 21.6. The van der Waals surface area contributed by atoms with E-state index in [0.717, 1.165) is 29.3 Å². The predicted molar refractivity (Wildman–Crippen MR) is 118 cm³/mol. The number of carbonyl (C=O) groups is 1. The molecule has 1 amide bonds. The molecule has 158 valence electrons. The monoisotopic (exact) mass is 417 g/mol. The van der Waals surface area contributed by atoms with Gasteiger partial charge in [-0.2, -0.15) is 0 Å². The van der Waals surface area contributed by atoms with Gasteiger partial charge in [0.1, 0.15) is 5.76 Å². The van der Waals surface area contributed by atoms with Crippen LogP contribution in [0.2, 0.25) is 0 Å². The van der Waals surface area contributed by atoms with Crippen LogP contribution in [0.15, 0.2) is 77.5 Å². The maximum atomic E-state index is 12.7. The van der Waals surface area contributed by atoms with E-state index in [9.17, 15) is 14.9 Å². The highest BCUT2D eigenvalue weighted by atomic mass is 16.6. The van der Waals surface area contributed by atoms with Crippen LogP contribution in [-0.2, 0) is 17.8 Å². The molecule has 0 saturated heterocycles. The van der Waals surface area contributed by atoms with Crippen LogP contribution >= 0.6 is 0 Å². The summed E-state index contributed by atoms with van der Waals surface area (Å²) in [6.45, 7) is 0.330. The molecule has 2 aromatic carbocycles. The molecule has 4 rings (SSSR count). The molecule has 0 aliphatic heterocycles. The number of carbonyl (C=O) groups excluding carboxylic acids is 1. The predicted octanol–water partition coefficient (Wildman–Crippen LogP) is 5.09. The first-order valence-electron chi connectivity index (χ1n) is 10.2. The van der Waals surface area contributed by atoms with Crippen molar-refractivity contribution in [3.05, 3.63) is 100 Å². The van der Waals surface area contributed by atoms with E-state index in [1.54, 1.807) is 24.5 Å². The number of fused-ring (bicyclic) bond motifs is 1. The minimum atomic E-state index is -0.398. The smallest absolute Gasteiger partial charge is 0.270 e. The highest BCUT2D eigenvalue weighted by Crippen LogP contribution is 2.33. The molecule has 0 fully saturated rings. The van der Waals surface area contributed by atoms with Gasteiger partial charge in [0.05, 0.1) is 17.7 Å². The van der Waals surface area contributed by atoms with Crippen molar-refractivity contribution in [2.75, 3.05) is 0 Å². The summed E-state index contributed by atoms with van der Waals surface area (Å²) in [6.07, 6.45) is 5.27. The Labute approximate surface area is 179 Å². The number of nitrogens with zero attached hydrogens (tertiary/aromatic N) is 1. The lowest BCUT2D eigenvalue weighted by molar-refractivity contribution is -0.384. The van der Waals surface area contributed by atoms with E-state index in [1.807, 2.05) is 30.5 Å². The molecule has 7 nitrogen and oxygen atoms in total. The molecule has 1 atom stereocenters. The van der Waals surface area contributed by atoms with Crippen molar-refractivity contribution in [3.8, 4) is 0 Å². The molecule has 2 N–H and O–H groups in total. The van der Waals surface area contributed by atoms with Gasteiger partial charge in [0, 0.05) is 35.7 Å². The number of furan rings is 1. The van der Waals surface area contributed by atoms with Gasteiger partial charge in [-0.1, -0.05) is 30.3 Å². The molecular formula is C24H23N3O4. The van der Waals surface area contributed by atoms with Gasteiger partial charge in [-0.15, -0.1) is 0 Å². The third-order valence-electron chi connectivity index (χ3n) is 5.44. The Morgan fingerprint density at radius 3 is 2.71 bits per heavy atom. The lowest BCUT2D eigenvalue weighted by Crippen LogP contribution is -2.24. The van der Waals surface area contributed by atoms with Crippen LogP contribution in [0.4, 0.5) is 5.69 Å². The molecule has 2 aromatic heterocycles. The van der Waals surface area contributed by atoms with E-state index in [1.165, 1.54) is 11.6 Å². The number of non-ortho nitro benzene ring substituents is 1. The van der Waals surface area contributed by atoms with Crippen LogP contribution in [0.3, 0.4) is 0 Å². The summed E-state index contributed by atoms with van der Waals surface area (Å²) in [4.78, 5) is 26.7. The van der Waals surface area contributed by atoms with Crippen LogP contribution in [-0.4, -0.2) is 15.8 Å². The number of aromatic amines is 1. The van der Waals surface area contributed by atoms with Crippen molar-refractivity contribution in [2.45, 2.75) is 31.7 Å². The number of H-pyrrole nitrogens is 1. The van der Waals surface area contributed by atoms with Crippen LogP contribution in [0.25, 0.3) is 10.9 Å². The zero-order valence-corrected chi connectivity index (χ0v) is 16.9. The largest absolute Gasteiger partial charge is 0.467 e. The normalized spacial score (nSPS) is 12.0. The average Bonchev–Trinajstić information content (AvgIpc) is 3.45. The number of nitro benzene ring substituents is 1. The molecule has 31 heavy (non-hydrogen) atoms. The quantitative estimate of drug-likeness (QED) is 0.292. The second-order valence-electron chi connectivity index (χ2n) is 7.51. The summed E-state index contributed by atoms with van der Waals surface area (Å²) in [5.74, 6) is 0.513. The average molecular weight is 417 g/mol. The number of aryl methyl sites for hydroxylation is 1. The Bertz CT molecular complexity index is 1170. The SMILES string of the molecule is O=C(CC(CCc1ccccc1)c1c[nH]c2ccc([N+](=O)[O-])cc12)NCc1ccco1. The Hall–Kier alpha value is -3.87. The van der Waals surface area contributed by atoms with Gasteiger partial charge in [0.25, 0.3) is 5.69 Å². The lowest BCUT2D eigenvalue weighted by atomic mass is 9.89. The minimum absolute atomic E-state index is 0.0393. The summed E-state index contributed by atoms with van der Waals surface area (Å²) < 4.78 is 5.28. The van der Waals surface area contributed by atoms with Crippen LogP contribution in [0.1, 0.15) is 35.6 Å². The van der Waals surface area contributed by atoms with Crippen molar-refractivity contribution < 1.29 is 14.1 Å². The number of amides is 1. The van der Waals surface area contributed by atoms with Crippen molar-refractivity contribution in [1.82, 2.24) is 10.3 Å². The summed E-state index contributed by atoms with van der Waals surface area (Å²) in [5.41, 5.74) is 2.97. The third-order valence-corrected chi connectivity index (χ3v) is 5.44. The van der Waals surface area contributed by atoms with Crippen LogP contribution in [0, 0.1) is 10.1 Å². The molecule has 0 bridgehead atoms. The number of hydrogen-bond donors (Lipinski definition) is 2. The number of hydrogen-bond acceptors (Lipinski definition) is 4. The van der Waals surface area contributed by atoms with E-state index < -0.39 is 4.92 Å². The van der Waals surface area contributed by atoms with Gasteiger partial charge in [-0.3, -0.25) is 14.9 Å². The summed E-state index contributed by atoms with van der Waals surface area (Å²) in [6, 6.07) is 18.5. The Morgan fingerprint density at radius 2 is 1.97 bits per heavy atom. The first kappa shape index (κ1) is 20.4. The Balaban J connectivity index is 1.56. The van der Waals surface area contributed by atoms with Gasteiger partial charge >= 0.3 is 0 Å². The Morgan fingerprint density at radius 1 is 1.13 bits per heavy atom. The number of benzene rings is 2.